The lowest BCUT2D eigenvalue weighted by Gasteiger charge is -2.41. The van der Waals surface area contributed by atoms with Crippen molar-refractivity contribution in [3.8, 4) is 22.6 Å². The second kappa shape index (κ2) is 7.04. The van der Waals surface area contributed by atoms with Crippen LogP contribution in [0.25, 0.3) is 11.1 Å². The summed E-state index contributed by atoms with van der Waals surface area (Å²) in [6.45, 7) is 8.84. The van der Waals surface area contributed by atoms with Gasteiger partial charge in [0.1, 0.15) is 17.1 Å². The third-order valence-electron chi connectivity index (χ3n) is 5.55. The van der Waals surface area contributed by atoms with Crippen molar-refractivity contribution in [2.75, 3.05) is 13.7 Å². The number of aliphatic imine (C=N–C) groups is 1. The molecule has 0 saturated carbocycles. The predicted octanol–water partition coefficient (Wildman–Crippen LogP) is 3.93. The van der Waals surface area contributed by atoms with E-state index in [0.29, 0.717) is 24.7 Å². The second-order valence-electron chi connectivity index (χ2n) is 9.18. The first-order valence-electron chi connectivity index (χ1n) is 10.3. The van der Waals surface area contributed by atoms with E-state index >= 15 is 0 Å². The molecular weight excluding hydrogens is 378 g/mol. The maximum absolute atomic E-state index is 13.2. The molecule has 0 bridgehead atoms. The van der Waals surface area contributed by atoms with E-state index in [1.165, 1.54) is 4.90 Å². The molecule has 158 valence electrons. The van der Waals surface area contributed by atoms with E-state index in [4.69, 9.17) is 15.2 Å². The maximum Gasteiger partial charge on any atom is 0.261 e. The zero-order valence-electron chi connectivity index (χ0n) is 18.2. The first-order chi connectivity index (χ1) is 14.1. The van der Waals surface area contributed by atoms with Crippen LogP contribution in [0, 0.1) is 5.92 Å². The van der Waals surface area contributed by atoms with E-state index in [0.717, 1.165) is 22.4 Å². The molecule has 0 fully saturated rings. The maximum atomic E-state index is 13.2. The number of likely N-dealkylation sites (N-methyl/N-ethyl adjacent to an activating group) is 1. The van der Waals surface area contributed by atoms with Crippen molar-refractivity contribution in [3.05, 3.63) is 48.0 Å². The minimum absolute atomic E-state index is 0.121. The van der Waals surface area contributed by atoms with Gasteiger partial charge in [0.15, 0.2) is 11.5 Å². The number of hydrogen-bond acceptors (Lipinski definition) is 5. The normalized spacial score (nSPS) is 22.1. The Morgan fingerprint density at radius 3 is 2.60 bits per heavy atom. The van der Waals surface area contributed by atoms with Crippen LogP contribution in [-0.2, 0) is 10.3 Å². The van der Waals surface area contributed by atoms with Crippen molar-refractivity contribution in [1.82, 2.24) is 4.90 Å². The standard InChI is InChI=1S/C24H29N3O3/c1-15(2)13-29-18-8-6-7-16(11-18)17-9-10-20-19(12-17)24(14-23(3,4)30-20)21(28)27(5)22(25)26-24/h6-12,15H,13-14H2,1-5H3,(H2,25,26). The predicted molar refractivity (Wildman–Crippen MR) is 118 cm³/mol. The van der Waals surface area contributed by atoms with Gasteiger partial charge in [-0.2, -0.15) is 0 Å². The number of ether oxygens (including phenoxy) is 2. The number of benzene rings is 2. The molecule has 0 radical (unpaired) electrons. The minimum Gasteiger partial charge on any atom is -0.493 e. The van der Waals surface area contributed by atoms with E-state index in [2.05, 4.69) is 18.8 Å². The van der Waals surface area contributed by atoms with Crippen LogP contribution in [-0.4, -0.2) is 36.0 Å². The molecule has 2 aliphatic rings. The average molecular weight is 408 g/mol. The summed E-state index contributed by atoms with van der Waals surface area (Å²) in [5.74, 6) is 2.06. The molecule has 0 aromatic heterocycles. The van der Waals surface area contributed by atoms with Crippen molar-refractivity contribution in [1.29, 1.82) is 0 Å². The molecule has 0 saturated heterocycles. The Morgan fingerprint density at radius 2 is 1.93 bits per heavy atom. The fraction of sp³-hybridized carbons (Fsp3) is 0.417. The van der Waals surface area contributed by atoms with E-state index in [9.17, 15) is 4.79 Å². The Kier molecular flexibility index (Phi) is 4.76. The highest BCUT2D eigenvalue weighted by molar-refractivity contribution is 6.07. The molecule has 2 aromatic rings. The second-order valence-corrected chi connectivity index (χ2v) is 9.18. The number of guanidine groups is 1. The number of nitrogens with two attached hydrogens (primary N) is 1. The zero-order valence-corrected chi connectivity index (χ0v) is 18.2. The van der Waals surface area contributed by atoms with Gasteiger partial charge >= 0.3 is 0 Å². The summed E-state index contributed by atoms with van der Waals surface area (Å²) in [5.41, 5.74) is 7.19. The van der Waals surface area contributed by atoms with Gasteiger partial charge in [-0.25, -0.2) is 4.99 Å². The molecular formula is C24H29N3O3. The number of nitrogens with zero attached hydrogens (tertiary/aromatic N) is 2. The van der Waals surface area contributed by atoms with Crippen molar-refractivity contribution < 1.29 is 14.3 Å². The van der Waals surface area contributed by atoms with Gasteiger partial charge in [0.05, 0.1) is 6.61 Å². The Bertz CT molecular complexity index is 1030. The monoisotopic (exact) mass is 407 g/mol. The van der Waals surface area contributed by atoms with E-state index < -0.39 is 11.1 Å². The molecule has 2 aliphatic heterocycles. The highest BCUT2D eigenvalue weighted by Gasteiger charge is 2.55. The van der Waals surface area contributed by atoms with E-state index in [1.807, 2.05) is 56.3 Å². The summed E-state index contributed by atoms with van der Waals surface area (Å²) in [5, 5.41) is 0. The Labute approximate surface area is 177 Å². The molecule has 0 aliphatic carbocycles. The van der Waals surface area contributed by atoms with Crippen LogP contribution in [0.4, 0.5) is 0 Å². The molecule has 2 N–H and O–H groups in total. The fourth-order valence-corrected chi connectivity index (χ4v) is 4.19. The lowest BCUT2D eigenvalue weighted by Crippen LogP contribution is -2.49. The van der Waals surface area contributed by atoms with Gasteiger partial charge in [0, 0.05) is 19.0 Å². The number of hydrogen-bond donors (Lipinski definition) is 1. The fourth-order valence-electron chi connectivity index (χ4n) is 4.19. The van der Waals surface area contributed by atoms with Gasteiger partial charge in [-0.15, -0.1) is 0 Å². The highest BCUT2D eigenvalue weighted by atomic mass is 16.5. The first kappa shape index (κ1) is 20.3. The first-order valence-corrected chi connectivity index (χ1v) is 10.3. The summed E-state index contributed by atoms with van der Waals surface area (Å²) in [6.07, 6.45) is 0.428. The summed E-state index contributed by atoms with van der Waals surface area (Å²) < 4.78 is 12.1. The van der Waals surface area contributed by atoms with Crippen LogP contribution >= 0.6 is 0 Å². The number of fused-ring (bicyclic) bond motifs is 2. The van der Waals surface area contributed by atoms with Gasteiger partial charge in [-0.3, -0.25) is 9.69 Å². The van der Waals surface area contributed by atoms with Gasteiger partial charge in [0.25, 0.3) is 5.91 Å². The molecule has 1 unspecified atom stereocenters. The van der Waals surface area contributed by atoms with Crippen molar-refractivity contribution in [3.63, 3.8) is 0 Å². The number of rotatable bonds is 4. The molecule has 1 amide bonds. The van der Waals surface area contributed by atoms with Gasteiger partial charge in [0.2, 0.25) is 0 Å². The van der Waals surface area contributed by atoms with Crippen LogP contribution in [0.5, 0.6) is 11.5 Å². The minimum atomic E-state index is -1.06. The van der Waals surface area contributed by atoms with Crippen molar-refractivity contribution in [2.45, 2.75) is 45.3 Å². The molecule has 2 aromatic carbocycles. The van der Waals surface area contributed by atoms with E-state index in [1.54, 1.807) is 7.05 Å². The van der Waals surface area contributed by atoms with Gasteiger partial charge in [-0.1, -0.05) is 32.0 Å². The van der Waals surface area contributed by atoms with Crippen LogP contribution in [0.1, 0.15) is 39.7 Å². The molecule has 2 heterocycles. The molecule has 1 atom stereocenters. The summed E-state index contributed by atoms with van der Waals surface area (Å²) >= 11 is 0. The molecule has 1 spiro atoms. The number of carbonyl (C=O) groups excluding carboxylic acids is 1. The largest absolute Gasteiger partial charge is 0.493 e. The van der Waals surface area contributed by atoms with Crippen LogP contribution < -0.4 is 15.2 Å². The lowest BCUT2D eigenvalue weighted by molar-refractivity contribution is -0.133. The summed E-state index contributed by atoms with van der Waals surface area (Å²) in [7, 11) is 1.66. The lowest BCUT2D eigenvalue weighted by atomic mass is 9.77. The van der Waals surface area contributed by atoms with Crippen LogP contribution in [0.15, 0.2) is 47.5 Å². The SMILES string of the molecule is CC(C)COc1cccc(-c2ccc3c(c2)C2(CC(C)(C)O3)N=C(N)N(C)C2=O)c1. The number of carbonyl (C=O) groups is 1. The van der Waals surface area contributed by atoms with Crippen LogP contribution in [0.3, 0.4) is 0 Å². The van der Waals surface area contributed by atoms with E-state index in [-0.39, 0.29) is 11.9 Å². The Hall–Kier alpha value is -3.02. The Balaban J connectivity index is 1.79. The Morgan fingerprint density at radius 1 is 1.20 bits per heavy atom. The number of amides is 1. The average Bonchev–Trinajstić information content (AvgIpc) is 2.89. The topological polar surface area (TPSA) is 77.2 Å². The third kappa shape index (κ3) is 3.40. The summed E-state index contributed by atoms with van der Waals surface area (Å²) in [6, 6.07) is 13.9. The summed E-state index contributed by atoms with van der Waals surface area (Å²) in [4.78, 5) is 19.3. The third-order valence-corrected chi connectivity index (χ3v) is 5.55. The highest BCUT2D eigenvalue weighted by Crippen LogP contribution is 2.49. The molecule has 4 rings (SSSR count). The van der Waals surface area contributed by atoms with Gasteiger partial charge in [-0.05, 0) is 55.2 Å². The zero-order chi connectivity index (χ0) is 21.7. The van der Waals surface area contributed by atoms with Gasteiger partial charge < -0.3 is 15.2 Å². The van der Waals surface area contributed by atoms with Crippen molar-refractivity contribution >= 4 is 11.9 Å². The van der Waals surface area contributed by atoms with Crippen molar-refractivity contribution in [2.24, 2.45) is 16.6 Å². The van der Waals surface area contributed by atoms with Crippen LogP contribution in [0.2, 0.25) is 0 Å². The molecule has 6 heteroatoms. The smallest absolute Gasteiger partial charge is 0.261 e. The molecule has 30 heavy (non-hydrogen) atoms. The quantitative estimate of drug-likeness (QED) is 0.833. The molecule has 6 nitrogen and oxygen atoms in total.